The molecule has 1 aromatic rings. The number of anilines is 1. The number of nitrogens with zero attached hydrogens (tertiary/aromatic N) is 2. The number of nitrogens with one attached hydrogen (secondary N) is 1. The minimum atomic E-state index is -1.33. The van der Waals surface area contributed by atoms with Gasteiger partial charge in [-0.15, -0.1) is 0 Å². The molecule has 1 atom stereocenters. The Balaban J connectivity index is 2.24. The normalized spacial score (nSPS) is 16.1. The van der Waals surface area contributed by atoms with Crippen LogP contribution in [-0.2, 0) is 0 Å². The second-order valence-electron chi connectivity index (χ2n) is 4.42. The van der Waals surface area contributed by atoms with Gasteiger partial charge in [0.1, 0.15) is 17.6 Å². The fourth-order valence-electron chi connectivity index (χ4n) is 1.79. The molecule has 0 amide bonds. The van der Waals surface area contributed by atoms with Crippen LogP contribution in [0.25, 0.3) is 0 Å². The lowest BCUT2D eigenvalue weighted by Gasteiger charge is -2.13. The van der Waals surface area contributed by atoms with Crippen LogP contribution < -0.4 is 5.32 Å². The summed E-state index contributed by atoms with van der Waals surface area (Å²) in [7, 11) is 0. The van der Waals surface area contributed by atoms with Gasteiger partial charge in [-0.1, -0.05) is 0 Å². The highest BCUT2D eigenvalue weighted by molar-refractivity contribution is 5.93. The van der Waals surface area contributed by atoms with Gasteiger partial charge in [-0.05, 0) is 25.7 Å². The van der Waals surface area contributed by atoms with Crippen LogP contribution in [0.4, 0.5) is 11.5 Å². The second-order valence-corrected chi connectivity index (χ2v) is 4.42. The summed E-state index contributed by atoms with van der Waals surface area (Å²) in [4.78, 5) is 24.7. The number of carboxylic acids is 1. The molecule has 18 heavy (non-hydrogen) atoms. The summed E-state index contributed by atoms with van der Waals surface area (Å²) < 4.78 is 0. The summed E-state index contributed by atoms with van der Waals surface area (Å²) in [5.41, 5.74) is -0.840. The number of carbonyl (C=O) groups is 1. The number of aromatic carboxylic acids is 1. The zero-order valence-corrected chi connectivity index (χ0v) is 9.79. The van der Waals surface area contributed by atoms with Gasteiger partial charge in [0.2, 0.25) is 0 Å². The van der Waals surface area contributed by atoms with E-state index in [-0.39, 0.29) is 11.6 Å². The smallest absolute Gasteiger partial charge is 0.342 e. The average molecular weight is 251 g/mol. The predicted octanol–water partition coefficient (Wildman–Crippen LogP) is 1.90. The Morgan fingerprint density at radius 1 is 1.67 bits per heavy atom. The second kappa shape index (κ2) is 4.59. The molecular weight excluding hydrogens is 238 g/mol. The van der Waals surface area contributed by atoms with Crippen molar-refractivity contribution in [1.82, 2.24) is 4.98 Å². The number of hydrogen-bond acceptors (Lipinski definition) is 5. The van der Waals surface area contributed by atoms with Crippen molar-refractivity contribution in [2.75, 3.05) is 5.32 Å². The van der Waals surface area contributed by atoms with Crippen LogP contribution in [0.5, 0.6) is 0 Å². The van der Waals surface area contributed by atoms with Gasteiger partial charge in [0.25, 0.3) is 0 Å². The van der Waals surface area contributed by atoms with Crippen molar-refractivity contribution >= 4 is 17.5 Å². The lowest BCUT2D eigenvalue weighted by atomic mass is 10.2. The lowest BCUT2D eigenvalue weighted by Crippen LogP contribution is -2.18. The Bertz CT molecular complexity index is 499. The SMILES string of the molecule is CC(Nc1cc(C(=O)O)c([N+](=O)[O-])cn1)C1CC1. The van der Waals surface area contributed by atoms with Gasteiger partial charge in [-0.25, -0.2) is 9.78 Å². The Labute approximate surface area is 103 Å². The van der Waals surface area contributed by atoms with Gasteiger partial charge < -0.3 is 10.4 Å². The molecule has 0 aromatic carbocycles. The van der Waals surface area contributed by atoms with E-state index in [2.05, 4.69) is 10.3 Å². The fraction of sp³-hybridized carbons (Fsp3) is 0.455. The van der Waals surface area contributed by atoms with Gasteiger partial charge in [0.15, 0.2) is 0 Å². The Hall–Kier alpha value is -2.18. The average Bonchev–Trinajstić information content (AvgIpc) is 3.12. The largest absolute Gasteiger partial charge is 0.477 e. The van der Waals surface area contributed by atoms with Gasteiger partial charge in [-0.2, -0.15) is 0 Å². The number of pyridine rings is 1. The van der Waals surface area contributed by atoms with Crippen molar-refractivity contribution in [3.63, 3.8) is 0 Å². The molecule has 1 fully saturated rings. The van der Waals surface area contributed by atoms with Crippen LogP contribution in [0.1, 0.15) is 30.1 Å². The summed E-state index contributed by atoms with van der Waals surface area (Å²) in [6.45, 7) is 1.99. The third-order valence-electron chi connectivity index (χ3n) is 3.01. The summed E-state index contributed by atoms with van der Waals surface area (Å²) in [6.07, 6.45) is 3.27. The van der Waals surface area contributed by atoms with E-state index in [1.54, 1.807) is 0 Å². The van der Waals surface area contributed by atoms with Gasteiger partial charge in [0, 0.05) is 12.1 Å². The van der Waals surface area contributed by atoms with Gasteiger partial charge >= 0.3 is 11.7 Å². The highest BCUT2D eigenvalue weighted by atomic mass is 16.6. The minimum Gasteiger partial charge on any atom is -0.477 e. The van der Waals surface area contributed by atoms with Crippen molar-refractivity contribution in [2.24, 2.45) is 5.92 Å². The zero-order valence-electron chi connectivity index (χ0n) is 9.79. The number of nitro groups is 1. The highest BCUT2D eigenvalue weighted by Crippen LogP contribution is 2.34. The molecule has 7 heteroatoms. The maximum atomic E-state index is 11.0. The molecule has 0 bridgehead atoms. The first-order valence-electron chi connectivity index (χ1n) is 5.63. The third kappa shape index (κ3) is 2.55. The first kappa shape index (κ1) is 12.3. The molecule has 2 rings (SSSR count). The summed E-state index contributed by atoms with van der Waals surface area (Å²) >= 11 is 0. The molecule has 1 heterocycles. The lowest BCUT2D eigenvalue weighted by molar-refractivity contribution is -0.385. The maximum Gasteiger partial charge on any atom is 0.342 e. The van der Waals surface area contributed by atoms with Crippen molar-refractivity contribution in [3.8, 4) is 0 Å². The predicted molar refractivity (Wildman–Crippen MR) is 63.7 cm³/mol. The van der Waals surface area contributed by atoms with Crippen LogP contribution in [0.15, 0.2) is 12.3 Å². The molecule has 0 aliphatic heterocycles. The molecular formula is C11H13N3O4. The minimum absolute atomic E-state index is 0.195. The maximum absolute atomic E-state index is 11.0. The van der Waals surface area contributed by atoms with E-state index in [0.717, 1.165) is 19.0 Å². The summed E-state index contributed by atoms with van der Waals surface area (Å²) in [5.74, 6) is -0.390. The van der Waals surface area contributed by atoms with Crippen LogP contribution >= 0.6 is 0 Å². The van der Waals surface area contributed by atoms with Crippen LogP contribution in [-0.4, -0.2) is 27.0 Å². The zero-order chi connectivity index (χ0) is 13.3. The molecule has 1 aliphatic rings. The summed E-state index contributed by atoms with van der Waals surface area (Å²) in [6, 6.07) is 1.40. The molecule has 1 aliphatic carbocycles. The Kier molecular flexibility index (Phi) is 3.14. The van der Waals surface area contributed by atoms with E-state index in [1.807, 2.05) is 6.92 Å². The molecule has 1 saturated carbocycles. The molecule has 0 spiro atoms. The molecule has 2 N–H and O–H groups in total. The van der Waals surface area contributed by atoms with Crippen LogP contribution in [0.2, 0.25) is 0 Å². The van der Waals surface area contributed by atoms with Crippen molar-refractivity contribution in [3.05, 3.63) is 27.9 Å². The molecule has 0 radical (unpaired) electrons. The first-order chi connectivity index (χ1) is 8.49. The number of carboxylic acid groups (broad SMARTS) is 1. The Morgan fingerprint density at radius 2 is 2.33 bits per heavy atom. The summed E-state index contributed by atoms with van der Waals surface area (Å²) in [5, 5.41) is 22.7. The highest BCUT2D eigenvalue weighted by Gasteiger charge is 2.28. The van der Waals surface area contributed by atoms with E-state index in [9.17, 15) is 14.9 Å². The van der Waals surface area contributed by atoms with Crippen LogP contribution in [0.3, 0.4) is 0 Å². The first-order valence-corrected chi connectivity index (χ1v) is 5.63. The fourth-order valence-corrected chi connectivity index (χ4v) is 1.79. The number of hydrogen-bond donors (Lipinski definition) is 2. The monoisotopic (exact) mass is 251 g/mol. The van der Waals surface area contributed by atoms with Crippen molar-refractivity contribution < 1.29 is 14.8 Å². The van der Waals surface area contributed by atoms with E-state index in [0.29, 0.717) is 11.7 Å². The molecule has 0 saturated heterocycles. The molecule has 1 aromatic heterocycles. The molecule has 1 unspecified atom stereocenters. The van der Waals surface area contributed by atoms with E-state index >= 15 is 0 Å². The Morgan fingerprint density at radius 3 is 2.83 bits per heavy atom. The van der Waals surface area contributed by atoms with Crippen LogP contribution in [0, 0.1) is 16.0 Å². The van der Waals surface area contributed by atoms with E-state index in [4.69, 9.17) is 5.11 Å². The van der Waals surface area contributed by atoms with Crippen molar-refractivity contribution in [1.29, 1.82) is 0 Å². The van der Waals surface area contributed by atoms with Crippen molar-refractivity contribution in [2.45, 2.75) is 25.8 Å². The standard InChI is InChI=1S/C11H13N3O4/c1-6(7-2-3-7)13-10-4-8(11(15)16)9(5-12-10)14(17)18/h4-7H,2-3H2,1H3,(H,12,13)(H,15,16). The quantitative estimate of drug-likeness (QED) is 0.611. The van der Waals surface area contributed by atoms with E-state index in [1.165, 1.54) is 6.07 Å². The molecule has 7 nitrogen and oxygen atoms in total. The van der Waals surface area contributed by atoms with Gasteiger partial charge in [-0.3, -0.25) is 10.1 Å². The number of rotatable bonds is 5. The third-order valence-corrected chi connectivity index (χ3v) is 3.01. The topological polar surface area (TPSA) is 105 Å². The van der Waals surface area contributed by atoms with E-state index < -0.39 is 16.6 Å². The number of aromatic nitrogens is 1. The van der Waals surface area contributed by atoms with Gasteiger partial charge in [0.05, 0.1) is 4.92 Å². The molecule has 96 valence electrons.